The fourth-order valence-corrected chi connectivity index (χ4v) is 5.81. The summed E-state index contributed by atoms with van der Waals surface area (Å²) >= 11 is 0. The summed E-state index contributed by atoms with van der Waals surface area (Å²) in [5.41, 5.74) is 2.47. The summed E-state index contributed by atoms with van der Waals surface area (Å²) in [6.07, 6.45) is -4.43. The van der Waals surface area contributed by atoms with E-state index in [0.29, 0.717) is 41.4 Å². The van der Waals surface area contributed by atoms with Crippen LogP contribution in [0, 0.1) is 20.8 Å². The summed E-state index contributed by atoms with van der Waals surface area (Å²) in [5, 5.41) is 3.94. The Balaban J connectivity index is 1.56. The van der Waals surface area contributed by atoms with Crippen LogP contribution in [0.4, 0.5) is 18.9 Å². The molecule has 6 nitrogen and oxygen atoms in total. The number of rotatable bonds is 4. The lowest BCUT2D eigenvalue weighted by atomic mass is 10.0. The van der Waals surface area contributed by atoms with E-state index in [4.69, 9.17) is 4.52 Å². The second kappa shape index (κ2) is 8.49. The number of hydrogen-bond acceptors (Lipinski definition) is 5. The van der Waals surface area contributed by atoms with Gasteiger partial charge in [-0.2, -0.15) is 17.5 Å². The fraction of sp³-hybridized carbons (Fsp3) is 0.348. The summed E-state index contributed by atoms with van der Waals surface area (Å²) in [4.78, 5) is 1.97. The molecule has 2 heterocycles. The summed E-state index contributed by atoms with van der Waals surface area (Å²) in [7, 11) is -3.79. The molecule has 3 aromatic rings. The zero-order chi connectivity index (χ0) is 24.0. The number of hydrogen-bond donors (Lipinski definition) is 0. The van der Waals surface area contributed by atoms with Crippen LogP contribution < -0.4 is 4.90 Å². The number of aromatic nitrogens is 1. The maximum absolute atomic E-state index is 13.4. The van der Waals surface area contributed by atoms with Gasteiger partial charge in [0.05, 0.1) is 16.2 Å². The molecule has 1 aromatic heterocycles. The van der Waals surface area contributed by atoms with E-state index in [1.54, 1.807) is 43.9 Å². The van der Waals surface area contributed by atoms with Crippen LogP contribution in [0.5, 0.6) is 0 Å². The minimum absolute atomic E-state index is 0.174. The van der Waals surface area contributed by atoms with Gasteiger partial charge in [-0.15, -0.1) is 0 Å². The van der Waals surface area contributed by atoms with Crippen LogP contribution in [0.15, 0.2) is 51.9 Å². The zero-order valence-electron chi connectivity index (χ0n) is 18.5. The van der Waals surface area contributed by atoms with Crippen LogP contribution in [0.25, 0.3) is 11.1 Å². The summed E-state index contributed by atoms with van der Waals surface area (Å²) in [5.74, 6) is 0.606. The molecule has 0 spiro atoms. The Morgan fingerprint density at radius 1 is 0.970 bits per heavy atom. The molecular formula is C23H24F3N3O3S. The number of halogens is 3. The van der Waals surface area contributed by atoms with Crippen molar-refractivity contribution in [3.8, 4) is 11.1 Å². The largest absolute Gasteiger partial charge is 0.416 e. The molecule has 0 N–H and O–H groups in total. The second-order valence-electron chi connectivity index (χ2n) is 8.12. The molecule has 2 aromatic carbocycles. The number of anilines is 1. The highest BCUT2D eigenvalue weighted by molar-refractivity contribution is 7.89. The molecule has 10 heteroatoms. The van der Waals surface area contributed by atoms with Gasteiger partial charge in [-0.25, -0.2) is 8.42 Å². The van der Waals surface area contributed by atoms with E-state index in [2.05, 4.69) is 5.16 Å². The van der Waals surface area contributed by atoms with Crippen molar-refractivity contribution in [2.75, 3.05) is 31.1 Å². The minimum atomic E-state index is -4.43. The number of aryl methyl sites for hydroxylation is 3. The predicted octanol–water partition coefficient (Wildman–Crippen LogP) is 4.80. The molecule has 0 bridgehead atoms. The molecule has 0 unspecified atom stereocenters. The predicted molar refractivity (Wildman–Crippen MR) is 119 cm³/mol. The first-order valence-electron chi connectivity index (χ1n) is 10.4. The molecule has 4 rings (SSSR count). The van der Waals surface area contributed by atoms with Gasteiger partial charge in [-0.05, 0) is 56.2 Å². The third kappa shape index (κ3) is 4.49. The van der Waals surface area contributed by atoms with Crippen molar-refractivity contribution in [3.63, 3.8) is 0 Å². The first-order chi connectivity index (χ1) is 15.5. The van der Waals surface area contributed by atoms with E-state index >= 15 is 0 Å². The lowest BCUT2D eigenvalue weighted by molar-refractivity contribution is -0.137. The molecule has 176 valence electrons. The number of sulfonamides is 1. The molecule has 1 saturated heterocycles. The average molecular weight is 480 g/mol. The van der Waals surface area contributed by atoms with E-state index in [9.17, 15) is 21.6 Å². The number of benzene rings is 2. The SMILES string of the molecule is Cc1ccc(-c2c(C)noc2C)cc1S(=O)(=O)N1CCN(c2cccc(C(F)(F)F)c2)CC1. The molecule has 0 radical (unpaired) electrons. The van der Waals surface area contributed by atoms with E-state index in [1.807, 2.05) is 6.07 Å². The quantitative estimate of drug-likeness (QED) is 0.538. The third-order valence-electron chi connectivity index (χ3n) is 5.91. The van der Waals surface area contributed by atoms with Gasteiger partial charge in [0.15, 0.2) is 0 Å². The van der Waals surface area contributed by atoms with E-state index in [1.165, 1.54) is 10.4 Å². The number of alkyl halides is 3. The molecule has 1 aliphatic rings. The Hall–Kier alpha value is -2.85. The van der Waals surface area contributed by atoms with E-state index in [-0.39, 0.29) is 18.0 Å². The second-order valence-corrected chi connectivity index (χ2v) is 10.0. The standard InChI is InChI=1S/C23H24F3N3O3S/c1-15-7-8-18(22-16(2)27-32-17(22)3)13-21(15)33(30,31)29-11-9-28(10-12-29)20-6-4-5-19(14-20)23(24,25)26/h4-8,13-14H,9-12H2,1-3H3. The summed E-state index contributed by atoms with van der Waals surface area (Å²) in [6, 6.07) is 10.3. The maximum Gasteiger partial charge on any atom is 0.416 e. The van der Waals surface area contributed by atoms with Gasteiger partial charge in [-0.3, -0.25) is 0 Å². The van der Waals surface area contributed by atoms with Gasteiger partial charge >= 0.3 is 6.18 Å². The van der Waals surface area contributed by atoms with Crippen LogP contribution in [0.1, 0.15) is 22.6 Å². The van der Waals surface area contributed by atoms with Crippen molar-refractivity contribution in [3.05, 3.63) is 65.0 Å². The Morgan fingerprint density at radius 3 is 2.27 bits per heavy atom. The van der Waals surface area contributed by atoms with Crippen LogP contribution >= 0.6 is 0 Å². The molecule has 0 saturated carbocycles. The maximum atomic E-state index is 13.4. The van der Waals surface area contributed by atoms with Crippen LogP contribution in [0.2, 0.25) is 0 Å². The van der Waals surface area contributed by atoms with Gasteiger partial charge in [-0.1, -0.05) is 23.4 Å². The molecule has 0 amide bonds. The topological polar surface area (TPSA) is 66.7 Å². The molecule has 1 fully saturated rings. The summed E-state index contributed by atoms with van der Waals surface area (Å²) < 4.78 is 72.6. The Labute approximate surface area is 190 Å². The molecule has 33 heavy (non-hydrogen) atoms. The number of nitrogens with zero attached hydrogens (tertiary/aromatic N) is 3. The van der Waals surface area contributed by atoms with Gasteiger partial charge < -0.3 is 9.42 Å². The van der Waals surface area contributed by atoms with Crippen molar-refractivity contribution in [1.82, 2.24) is 9.46 Å². The minimum Gasteiger partial charge on any atom is -0.369 e. The van der Waals surface area contributed by atoms with Crippen molar-refractivity contribution < 1.29 is 26.1 Å². The lowest BCUT2D eigenvalue weighted by Gasteiger charge is -2.35. The van der Waals surface area contributed by atoms with Crippen molar-refractivity contribution >= 4 is 15.7 Å². The fourth-order valence-electron chi connectivity index (χ4n) is 4.13. The molecular weight excluding hydrogens is 455 g/mol. The van der Waals surface area contributed by atoms with Gasteiger partial charge in [0.2, 0.25) is 10.0 Å². The number of piperazine rings is 1. The monoisotopic (exact) mass is 479 g/mol. The van der Waals surface area contributed by atoms with Crippen molar-refractivity contribution in [2.45, 2.75) is 31.8 Å². The first kappa shape index (κ1) is 23.3. The zero-order valence-corrected chi connectivity index (χ0v) is 19.3. The highest BCUT2D eigenvalue weighted by Gasteiger charge is 2.33. The van der Waals surface area contributed by atoms with Gasteiger partial charge in [0.1, 0.15) is 5.76 Å². The van der Waals surface area contributed by atoms with Crippen LogP contribution in [0.3, 0.4) is 0 Å². The Bertz CT molecular complexity index is 1260. The third-order valence-corrected chi connectivity index (χ3v) is 7.95. The van der Waals surface area contributed by atoms with Crippen molar-refractivity contribution in [1.29, 1.82) is 0 Å². The van der Waals surface area contributed by atoms with Gasteiger partial charge in [0.25, 0.3) is 0 Å². The van der Waals surface area contributed by atoms with E-state index < -0.39 is 21.8 Å². The van der Waals surface area contributed by atoms with Crippen molar-refractivity contribution in [2.24, 2.45) is 0 Å². The van der Waals surface area contributed by atoms with Crippen LogP contribution in [-0.4, -0.2) is 44.1 Å². The average Bonchev–Trinajstić information content (AvgIpc) is 3.11. The summed E-state index contributed by atoms with van der Waals surface area (Å²) in [6.45, 7) is 6.25. The van der Waals surface area contributed by atoms with Gasteiger partial charge in [0, 0.05) is 37.4 Å². The normalized spacial score (nSPS) is 15.8. The smallest absolute Gasteiger partial charge is 0.369 e. The Kier molecular flexibility index (Phi) is 6.00. The molecule has 0 atom stereocenters. The highest BCUT2D eigenvalue weighted by Crippen LogP contribution is 2.33. The van der Waals surface area contributed by atoms with E-state index in [0.717, 1.165) is 17.7 Å². The highest BCUT2D eigenvalue weighted by atomic mass is 32.2. The Morgan fingerprint density at radius 2 is 1.67 bits per heavy atom. The molecule has 0 aliphatic carbocycles. The molecule has 1 aliphatic heterocycles. The van der Waals surface area contributed by atoms with Crippen LogP contribution in [-0.2, 0) is 16.2 Å². The first-order valence-corrected chi connectivity index (χ1v) is 11.9. The lowest BCUT2D eigenvalue weighted by Crippen LogP contribution is -2.48.